The van der Waals surface area contributed by atoms with E-state index in [1.54, 1.807) is 20.8 Å². The molecule has 0 aliphatic carbocycles. The number of hydrogen-bond acceptors (Lipinski definition) is 3. The molecule has 1 atom stereocenters. The van der Waals surface area contributed by atoms with E-state index in [0.29, 0.717) is 0 Å². The van der Waals surface area contributed by atoms with Crippen molar-refractivity contribution in [2.45, 2.75) is 31.2 Å². The fraction of sp³-hybridized carbons (Fsp3) is 1.00. The lowest BCUT2D eigenvalue weighted by Gasteiger charge is -2.24. The molecule has 0 spiro atoms. The smallest absolute Gasteiger partial charge is 0.295 e. The first-order valence-electron chi connectivity index (χ1n) is 2.84. The molecule has 0 saturated carbocycles. The van der Waals surface area contributed by atoms with Gasteiger partial charge in [-0.25, -0.2) is 0 Å². The van der Waals surface area contributed by atoms with Gasteiger partial charge in [-0.2, -0.15) is 0 Å². The zero-order valence-electron chi connectivity index (χ0n) is 6.13. The molecule has 0 aromatic rings. The van der Waals surface area contributed by atoms with Gasteiger partial charge in [-0.15, -0.1) is 10.1 Å². The summed E-state index contributed by atoms with van der Waals surface area (Å²) in [6, 6.07) is 0. The van der Waals surface area contributed by atoms with Gasteiger partial charge < -0.3 is 4.84 Å². The summed E-state index contributed by atoms with van der Waals surface area (Å²) in [5, 5.41) is 9.10. The third kappa shape index (κ3) is 3.00. The summed E-state index contributed by atoms with van der Waals surface area (Å²) in [7, 11) is 0. The Balaban J connectivity index is 3.99. The molecule has 1 unspecified atom stereocenters. The summed E-state index contributed by atoms with van der Waals surface area (Å²) in [5.74, 6) is 0. The molecule has 0 aromatic heterocycles. The first-order valence-corrected chi connectivity index (χ1v) is 3.75. The Labute approximate surface area is 67.8 Å². The Hall–Kier alpha value is -0.320. The molecular formula is C5H10BrNO3. The normalized spacial score (nSPS) is 14.4. The van der Waals surface area contributed by atoms with Crippen molar-refractivity contribution < 1.29 is 9.92 Å². The number of halogens is 1. The second kappa shape index (κ2) is 3.18. The minimum absolute atomic E-state index is 0.0506. The first-order chi connectivity index (χ1) is 4.36. The third-order valence-corrected chi connectivity index (χ3v) is 2.37. The summed E-state index contributed by atoms with van der Waals surface area (Å²) in [6.45, 7) is 5.09. The lowest BCUT2D eigenvalue weighted by Crippen LogP contribution is -2.35. The van der Waals surface area contributed by atoms with Crippen LogP contribution in [0, 0.1) is 10.1 Å². The SMILES string of the molecule is CC(Br)C(C)(C)O[N+](=O)[O-]. The largest absolute Gasteiger partial charge is 0.307 e. The maximum atomic E-state index is 9.88. The van der Waals surface area contributed by atoms with Gasteiger partial charge in [0, 0.05) is 4.83 Å². The van der Waals surface area contributed by atoms with Gasteiger partial charge >= 0.3 is 0 Å². The lowest BCUT2D eigenvalue weighted by molar-refractivity contribution is -0.778. The molecule has 0 rings (SSSR count). The molecule has 5 heteroatoms. The monoisotopic (exact) mass is 211 g/mol. The highest BCUT2D eigenvalue weighted by Gasteiger charge is 2.27. The van der Waals surface area contributed by atoms with Gasteiger partial charge in [0.2, 0.25) is 0 Å². The Morgan fingerprint density at radius 1 is 1.70 bits per heavy atom. The average Bonchev–Trinajstić information content (AvgIpc) is 1.60. The van der Waals surface area contributed by atoms with Crippen molar-refractivity contribution in [3.05, 3.63) is 10.1 Å². The molecule has 0 N–H and O–H groups in total. The minimum Gasteiger partial charge on any atom is -0.307 e. The van der Waals surface area contributed by atoms with Crippen LogP contribution in [-0.2, 0) is 4.84 Å². The maximum Gasteiger partial charge on any atom is 0.295 e. The van der Waals surface area contributed by atoms with E-state index in [9.17, 15) is 10.1 Å². The second-order valence-corrected chi connectivity index (χ2v) is 3.91. The molecule has 0 bridgehead atoms. The highest BCUT2D eigenvalue weighted by Crippen LogP contribution is 2.20. The Morgan fingerprint density at radius 3 is 2.20 bits per heavy atom. The van der Waals surface area contributed by atoms with Crippen molar-refractivity contribution in [1.82, 2.24) is 0 Å². The predicted molar refractivity (Wildman–Crippen MR) is 40.5 cm³/mol. The molecular weight excluding hydrogens is 202 g/mol. The number of nitrogens with zero attached hydrogens (tertiary/aromatic N) is 1. The van der Waals surface area contributed by atoms with E-state index in [4.69, 9.17) is 0 Å². The minimum atomic E-state index is -0.780. The standard InChI is InChI=1S/C5H10BrNO3/c1-4(6)5(2,3)10-7(8)9/h4H,1-3H3. The Morgan fingerprint density at radius 2 is 2.10 bits per heavy atom. The number of alkyl halides is 1. The van der Waals surface area contributed by atoms with Crippen molar-refractivity contribution >= 4 is 15.9 Å². The summed E-state index contributed by atoms with van der Waals surface area (Å²) in [5.41, 5.74) is -0.760. The summed E-state index contributed by atoms with van der Waals surface area (Å²) in [6.07, 6.45) is 0. The molecule has 0 aromatic carbocycles. The van der Waals surface area contributed by atoms with E-state index in [1.807, 2.05) is 0 Å². The highest BCUT2D eigenvalue weighted by atomic mass is 79.9. The average molecular weight is 212 g/mol. The van der Waals surface area contributed by atoms with Crippen molar-refractivity contribution in [2.75, 3.05) is 0 Å². The fourth-order valence-corrected chi connectivity index (χ4v) is 0.348. The van der Waals surface area contributed by atoms with Crippen LogP contribution in [0.25, 0.3) is 0 Å². The van der Waals surface area contributed by atoms with E-state index in [1.165, 1.54) is 0 Å². The molecule has 4 nitrogen and oxygen atoms in total. The molecule has 60 valence electrons. The number of rotatable bonds is 3. The van der Waals surface area contributed by atoms with Gasteiger partial charge in [0.1, 0.15) is 5.60 Å². The van der Waals surface area contributed by atoms with Crippen LogP contribution < -0.4 is 0 Å². The Kier molecular flexibility index (Phi) is 3.08. The predicted octanol–water partition coefficient (Wildman–Crippen LogP) is 1.76. The van der Waals surface area contributed by atoms with Crippen molar-refractivity contribution in [1.29, 1.82) is 0 Å². The molecule has 10 heavy (non-hydrogen) atoms. The lowest BCUT2D eigenvalue weighted by atomic mass is 10.1. The molecule has 0 radical (unpaired) electrons. The highest BCUT2D eigenvalue weighted by molar-refractivity contribution is 9.09. The van der Waals surface area contributed by atoms with Gasteiger partial charge in [0.15, 0.2) is 0 Å². The molecule has 0 amide bonds. The summed E-state index contributed by atoms with van der Waals surface area (Å²) in [4.78, 5) is 14.2. The maximum absolute atomic E-state index is 9.88. The van der Waals surface area contributed by atoms with Crippen LogP contribution in [0.4, 0.5) is 0 Å². The summed E-state index contributed by atoms with van der Waals surface area (Å²) < 4.78 is 0. The molecule has 0 fully saturated rings. The molecule has 0 saturated heterocycles. The number of hydrogen-bond donors (Lipinski definition) is 0. The van der Waals surface area contributed by atoms with Crippen LogP contribution in [0.2, 0.25) is 0 Å². The van der Waals surface area contributed by atoms with Crippen LogP contribution in [-0.4, -0.2) is 15.5 Å². The third-order valence-electron chi connectivity index (χ3n) is 1.27. The van der Waals surface area contributed by atoms with Gasteiger partial charge in [0.25, 0.3) is 5.09 Å². The van der Waals surface area contributed by atoms with Gasteiger partial charge in [0.05, 0.1) is 0 Å². The molecule has 0 aliphatic heterocycles. The van der Waals surface area contributed by atoms with Crippen LogP contribution in [0.5, 0.6) is 0 Å². The molecule has 0 heterocycles. The van der Waals surface area contributed by atoms with Crippen LogP contribution >= 0.6 is 15.9 Å². The van der Waals surface area contributed by atoms with Gasteiger partial charge in [-0.05, 0) is 13.8 Å². The van der Waals surface area contributed by atoms with E-state index in [-0.39, 0.29) is 4.83 Å². The van der Waals surface area contributed by atoms with Crippen LogP contribution in [0.3, 0.4) is 0 Å². The van der Waals surface area contributed by atoms with Crippen molar-refractivity contribution in [3.8, 4) is 0 Å². The quantitative estimate of drug-likeness (QED) is 0.406. The zero-order valence-corrected chi connectivity index (χ0v) is 7.71. The second-order valence-electron chi connectivity index (χ2n) is 2.53. The fourth-order valence-electron chi connectivity index (χ4n) is 0.265. The van der Waals surface area contributed by atoms with Gasteiger partial charge in [-0.1, -0.05) is 22.9 Å². The van der Waals surface area contributed by atoms with Crippen molar-refractivity contribution in [2.24, 2.45) is 0 Å². The first kappa shape index (κ1) is 9.68. The zero-order chi connectivity index (χ0) is 8.36. The van der Waals surface area contributed by atoms with Gasteiger partial charge in [-0.3, -0.25) is 0 Å². The van der Waals surface area contributed by atoms with Crippen LogP contribution in [0.15, 0.2) is 0 Å². The topological polar surface area (TPSA) is 52.4 Å². The Bertz CT molecular complexity index is 135. The van der Waals surface area contributed by atoms with E-state index in [2.05, 4.69) is 20.8 Å². The molecule has 0 aliphatic rings. The van der Waals surface area contributed by atoms with E-state index < -0.39 is 10.7 Å². The van der Waals surface area contributed by atoms with Crippen LogP contribution in [0.1, 0.15) is 20.8 Å². The van der Waals surface area contributed by atoms with Crippen molar-refractivity contribution in [3.63, 3.8) is 0 Å². The van der Waals surface area contributed by atoms with E-state index in [0.717, 1.165) is 0 Å². The summed E-state index contributed by atoms with van der Waals surface area (Å²) >= 11 is 3.19. The van der Waals surface area contributed by atoms with E-state index >= 15 is 0 Å².